The predicted octanol–water partition coefficient (Wildman–Crippen LogP) is -0.673. The summed E-state index contributed by atoms with van der Waals surface area (Å²) in [6.45, 7) is -0.281. The summed E-state index contributed by atoms with van der Waals surface area (Å²) in [6, 6.07) is 0. The number of methoxy groups -OCH3 is 1. The fourth-order valence-corrected chi connectivity index (χ4v) is 2.69. The van der Waals surface area contributed by atoms with E-state index in [1.807, 2.05) is 0 Å². The molecule has 1 unspecified atom stereocenters. The molecule has 1 aliphatic rings. The second kappa shape index (κ2) is 5.35. The number of aromatic nitrogens is 4. The Kier molecular flexibility index (Phi) is 3.68. The minimum atomic E-state index is -1.00. The van der Waals surface area contributed by atoms with E-state index in [1.165, 1.54) is 18.0 Å². The summed E-state index contributed by atoms with van der Waals surface area (Å²) >= 11 is 5.96. The maximum absolute atomic E-state index is 10.3. The Hall–Kier alpha value is -1.52. The number of nitrogens with two attached hydrogens (primary N) is 1. The third-order valence-electron chi connectivity index (χ3n) is 3.43. The molecule has 2 aromatic heterocycles. The van der Waals surface area contributed by atoms with Gasteiger partial charge in [0.2, 0.25) is 5.95 Å². The molecule has 1 fully saturated rings. The average Bonchev–Trinajstić information content (AvgIpc) is 2.99. The molecule has 10 heteroatoms. The standard InChI is InChI=1S/C11H14ClN5O4/c1-20-7-4(2-18)21-10(6(7)19)17-3-14-5-8(12)15-11(13)16-9(5)17/h3-4,6-7,10,18-19H,2H2,1H3,(H2,13,15,16)/t4-,6?,7+,10-/m1/s1. The van der Waals surface area contributed by atoms with Gasteiger partial charge in [0, 0.05) is 7.11 Å². The minimum absolute atomic E-state index is 0.0104. The van der Waals surface area contributed by atoms with Gasteiger partial charge in [-0.2, -0.15) is 9.97 Å². The number of aliphatic hydroxyl groups is 2. The number of nitrogen functional groups attached to an aromatic ring is 1. The molecule has 0 aromatic carbocycles. The summed E-state index contributed by atoms with van der Waals surface area (Å²) in [5.41, 5.74) is 6.27. The molecule has 1 aliphatic heterocycles. The van der Waals surface area contributed by atoms with Gasteiger partial charge in [-0.05, 0) is 0 Å². The first-order valence-corrected chi connectivity index (χ1v) is 6.57. The van der Waals surface area contributed by atoms with Gasteiger partial charge in [-0.3, -0.25) is 4.57 Å². The molecule has 0 radical (unpaired) electrons. The van der Waals surface area contributed by atoms with Crippen molar-refractivity contribution in [3.05, 3.63) is 11.5 Å². The van der Waals surface area contributed by atoms with Crippen LogP contribution in [0.25, 0.3) is 11.2 Å². The van der Waals surface area contributed by atoms with Crippen molar-refractivity contribution in [3.63, 3.8) is 0 Å². The van der Waals surface area contributed by atoms with Crippen LogP contribution in [-0.2, 0) is 9.47 Å². The molecule has 3 heterocycles. The maximum Gasteiger partial charge on any atom is 0.223 e. The van der Waals surface area contributed by atoms with Crippen molar-refractivity contribution in [2.24, 2.45) is 0 Å². The number of aliphatic hydroxyl groups excluding tert-OH is 2. The van der Waals surface area contributed by atoms with Gasteiger partial charge in [-0.25, -0.2) is 4.98 Å². The number of nitrogens with zero attached hydrogens (tertiary/aromatic N) is 4. The molecule has 4 N–H and O–H groups in total. The molecular formula is C11H14ClN5O4. The summed E-state index contributed by atoms with van der Waals surface area (Å²) < 4.78 is 12.3. The molecule has 1 saturated heterocycles. The second-order valence-corrected chi connectivity index (χ2v) is 4.99. The topological polar surface area (TPSA) is 129 Å². The lowest BCUT2D eigenvalue weighted by Crippen LogP contribution is -2.35. The third kappa shape index (κ3) is 2.23. The smallest absolute Gasteiger partial charge is 0.223 e. The Morgan fingerprint density at radius 3 is 2.90 bits per heavy atom. The van der Waals surface area contributed by atoms with E-state index in [0.29, 0.717) is 11.2 Å². The van der Waals surface area contributed by atoms with Crippen LogP contribution in [0.15, 0.2) is 6.33 Å². The Morgan fingerprint density at radius 1 is 1.52 bits per heavy atom. The Labute approximate surface area is 124 Å². The highest BCUT2D eigenvalue weighted by Crippen LogP contribution is 2.33. The van der Waals surface area contributed by atoms with Crippen LogP contribution < -0.4 is 5.73 Å². The molecule has 0 amide bonds. The van der Waals surface area contributed by atoms with Crippen LogP contribution in [-0.4, -0.2) is 61.8 Å². The number of ether oxygens (including phenoxy) is 2. The molecule has 9 nitrogen and oxygen atoms in total. The molecule has 0 bridgehead atoms. The number of hydrogen-bond donors (Lipinski definition) is 3. The summed E-state index contributed by atoms with van der Waals surface area (Å²) in [7, 11) is 1.44. The lowest BCUT2D eigenvalue weighted by Gasteiger charge is -2.17. The second-order valence-electron chi connectivity index (χ2n) is 4.64. The van der Waals surface area contributed by atoms with Gasteiger partial charge in [0.25, 0.3) is 0 Å². The van der Waals surface area contributed by atoms with Crippen molar-refractivity contribution in [3.8, 4) is 0 Å². The maximum atomic E-state index is 10.3. The first-order chi connectivity index (χ1) is 10.1. The van der Waals surface area contributed by atoms with E-state index in [9.17, 15) is 10.2 Å². The number of anilines is 1. The van der Waals surface area contributed by atoms with Crippen LogP contribution in [0.2, 0.25) is 5.15 Å². The van der Waals surface area contributed by atoms with E-state index < -0.39 is 24.5 Å². The summed E-state index contributed by atoms with van der Waals surface area (Å²) in [5, 5.41) is 19.7. The zero-order chi connectivity index (χ0) is 15.1. The number of imidazole rings is 1. The number of fused-ring (bicyclic) bond motifs is 1. The molecular weight excluding hydrogens is 302 g/mol. The number of halogens is 1. The monoisotopic (exact) mass is 315 g/mol. The molecule has 0 aliphatic carbocycles. The molecule has 0 spiro atoms. The SMILES string of the molecule is CO[C@@H]1C(O)[C@H](n2cnc3c(Cl)nc(N)nc32)O[C@@H]1CO. The van der Waals surface area contributed by atoms with Crippen molar-refractivity contribution < 1.29 is 19.7 Å². The zero-order valence-electron chi connectivity index (χ0n) is 11.0. The fraction of sp³-hybridized carbons (Fsp3) is 0.545. The van der Waals surface area contributed by atoms with Gasteiger partial charge in [0.05, 0.1) is 12.9 Å². The third-order valence-corrected chi connectivity index (χ3v) is 3.70. The van der Waals surface area contributed by atoms with Crippen LogP contribution in [0.4, 0.5) is 5.95 Å². The fourth-order valence-electron chi connectivity index (χ4n) is 2.47. The Morgan fingerprint density at radius 2 is 2.29 bits per heavy atom. The zero-order valence-corrected chi connectivity index (χ0v) is 11.8. The first-order valence-electron chi connectivity index (χ1n) is 6.19. The number of rotatable bonds is 3. The van der Waals surface area contributed by atoms with Crippen molar-refractivity contribution in [2.75, 3.05) is 19.5 Å². The lowest BCUT2D eigenvalue weighted by molar-refractivity contribution is -0.0535. The Bertz CT molecular complexity index is 665. The van der Waals surface area contributed by atoms with Crippen LogP contribution in [0.3, 0.4) is 0 Å². The van der Waals surface area contributed by atoms with E-state index in [2.05, 4.69) is 15.0 Å². The molecule has 4 atom stereocenters. The Balaban J connectivity index is 2.05. The van der Waals surface area contributed by atoms with Gasteiger partial charge < -0.3 is 25.4 Å². The van der Waals surface area contributed by atoms with Crippen LogP contribution in [0.1, 0.15) is 6.23 Å². The van der Waals surface area contributed by atoms with E-state index in [1.54, 1.807) is 0 Å². The molecule has 2 aromatic rings. The summed E-state index contributed by atoms with van der Waals surface area (Å²) in [6.07, 6.45) is -1.71. The highest BCUT2D eigenvalue weighted by molar-refractivity contribution is 6.33. The van der Waals surface area contributed by atoms with Crippen molar-refractivity contribution in [1.29, 1.82) is 0 Å². The van der Waals surface area contributed by atoms with Gasteiger partial charge in [0.1, 0.15) is 23.8 Å². The van der Waals surface area contributed by atoms with Gasteiger partial charge in [-0.1, -0.05) is 11.6 Å². The van der Waals surface area contributed by atoms with E-state index in [0.717, 1.165) is 0 Å². The molecule has 3 rings (SSSR count). The largest absolute Gasteiger partial charge is 0.394 e. The van der Waals surface area contributed by atoms with Gasteiger partial charge >= 0.3 is 0 Å². The van der Waals surface area contributed by atoms with Gasteiger partial charge in [0.15, 0.2) is 17.0 Å². The molecule has 114 valence electrons. The molecule has 0 saturated carbocycles. The summed E-state index contributed by atoms with van der Waals surface area (Å²) in [5.74, 6) is -0.0104. The quantitative estimate of drug-likeness (QED) is 0.636. The van der Waals surface area contributed by atoms with E-state index in [4.69, 9.17) is 26.8 Å². The molecule has 21 heavy (non-hydrogen) atoms. The predicted molar refractivity (Wildman–Crippen MR) is 72.5 cm³/mol. The van der Waals surface area contributed by atoms with Crippen molar-refractivity contribution in [1.82, 2.24) is 19.5 Å². The highest BCUT2D eigenvalue weighted by Gasteiger charge is 2.45. The van der Waals surface area contributed by atoms with E-state index in [-0.39, 0.29) is 17.7 Å². The average molecular weight is 316 g/mol. The van der Waals surface area contributed by atoms with Crippen LogP contribution in [0, 0.1) is 0 Å². The lowest BCUT2D eigenvalue weighted by atomic mass is 10.1. The van der Waals surface area contributed by atoms with Gasteiger partial charge in [-0.15, -0.1) is 0 Å². The minimum Gasteiger partial charge on any atom is -0.394 e. The van der Waals surface area contributed by atoms with Crippen molar-refractivity contribution in [2.45, 2.75) is 24.5 Å². The highest BCUT2D eigenvalue weighted by atomic mass is 35.5. The van der Waals surface area contributed by atoms with Crippen LogP contribution >= 0.6 is 11.6 Å². The van der Waals surface area contributed by atoms with Crippen molar-refractivity contribution >= 4 is 28.7 Å². The first kappa shape index (κ1) is 14.4. The normalized spacial score (nSPS) is 29.3. The van der Waals surface area contributed by atoms with E-state index >= 15 is 0 Å². The number of hydrogen-bond acceptors (Lipinski definition) is 8. The van der Waals surface area contributed by atoms with Crippen LogP contribution in [0.5, 0.6) is 0 Å². The summed E-state index contributed by atoms with van der Waals surface area (Å²) in [4.78, 5) is 12.0.